The first-order chi connectivity index (χ1) is 21.5. The number of anilines is 2. The maximum atomic E-state index is 12.5. The van der Waals surface area contributed by atoms with Crippen LogP contribution in [-0.2, 0) is 34.2 Å². The number of phenolic OH excluding ortho intramolecular Hbond substituents is 1. The molecule has 11 heteroatoms. The molecule has 0 bridgehead atoms. The number of amides is 1. The lowest BCUT2D eigenvalue weighted by Gasteiger charge is -2.40. The number of aromatic hydroxyl groups is 1. The summed E-state index contributed by atoms with van der Waals surface area (Å²) >= 11 is 0. The Morgan fingerprint density at radius 1 is 1.13 bits per heavy atom. The van der Waals surface area contributed by atoms with Gasteiger partial charge in [-0.25, -0.2) is 9.97 Å². The summed E-state index contributed by atoms with van der Waals surface area (Å²) in [5.74, 6) is 0.921. The number of aryl methyl sites for hydroxylation is 3. The lowest BCUT2D eigenvalue weighted by atomic mass is 9.99. The van der Waals surface area contributed by atoms with E-state index in [2.05, 4.69) is 45.5 Å². The van der Waals surface area contributed by atoms with Gasteiger partial charge < -0.3 is 25.8 Å². The molecule has 0 radical (unpaired) electrons. The van der Waals surface area contributed by atoms with Gasteiger partial charge in [-0.2, -0.15) is 5.10 Å². The van der Waals surface area contributed by atoms with Crippen molar-refractivity contribution in [3.8, 4) is 17.0 Å². The second-order valence-corrected chi connectivity index (χ2v) is 11.6. The van der Waals surface area contributed by atoms with Crippen LogP contribution < -0.4 is 11.1 Å². The summed E-state index contributed by atoms with van der Waals surface area (Å²) < 4.78 is 7.45. The number of ketones is 1. The first-order valence-corrected chi connectivity index (χ1v) is 15.1. The average Bonchev–Trinajstić information content (AvgIpc) is 3.39. The molecular weight excluding hydrogens is 570 g/mol. The molecule has 1 saturated heterocycles. The van der Waals surface area contributed by atoms with Gasteiger partial charge in [-0.1, -0.05) is 24.3 Å². The highest BCUT2D eigenvalue weighted by atomic mass is 16.5. The van der Waals surface area contributed by atoms with Crippen molar-refractivity contribution >= 4 is 23.3 Å². The quantitative estimate of drug-likeness (QED) is 0.225. The van der Waals surface area contributed by atoms with Crippen LogP contribution in [0.1, 0.15) is 43.9 Å². The SMILES string of the molecule is CC(=O)[C@@H](N)Cc1ccc(O)cc1.Cc1cc(-c2ccnc(Nc3cnn(C)c3)n2)ccc1CCC(=O)N1CC(OC(C)C)C1. The zero-order valence-corrected chi connectivity index (χ0v) is 26.6. The highest BCUT2D eigenvalue weighted by Crippen LogP contribution is 2.24. The summed E-state index contributed by atoms with van der Waals surface area (Å²) in [5, 5.41) is 16.3. The number of rotatable bonds is 11. The fourth-order valence-corrected chi connectivity index (χ4v) is 4.87. The Balaban J connectivity index is 0.000000297. The number of benzene rings is 2. The van der Waals surface area contributed by atoms with Crippen LogP contribution in [0, 0.1) is 6.92 Å². The predicted molar refractivity (Wildman–Crippen MR) is 174 cm³/mol. The van der Waals surface area contributed by atoms with Crippen LogP contribution >= 0.6 is 0 Å². The Labute approximate surface area is 264 Å². The summed E-state index contributed by atoms with van der Waals surface area (Å²) in [6.07, 6.45) is 7.50. The molecular formula is C34H43N7O4. The van der Waals surface area contributed by atoms with E-state index in [1.54, 1.807) is 41.3 Å². The van der Waals surface area contributed by atoms with E-state index in [0.29, 0.717) is 31.9 Å². The number of likely N-dealkylation sites (tertiary alicyclic amines) is 1. The molecule has 0 aliphatic carbocycles. The molecule has 1 fully saturated rings. The van der Waals surface area contributed by atoms with Gasteiger partial charge in [-0.3, -0.25) is 14.3 Å². The zero-order valence-electron chi connectivity index (χ0n) is 26.6. The number of hydrogen-bond acceptors (Lipinski definition) is 9. The minimum absolute atomic E-state index is 0.0203. The van der Waals surface area contributed by atoms with Crippen LogP contribution in [0.15, 0.2) is 67.1 Å². The van der Waals surface area contributed by atoms with Gasteiger partial charge in [0.1, 0.15) is 11.5 Å². The van der Waals surface area contributed by atoms with Crippen molar-refractivity contribution in [1.29, 1.82) is 0 Å². The normalized spacial score (nSPS) is 13.5. The summed E-state index contributed by atoms with van der Waals surface area (Å²) in [6, 6.07) is 14.4. The molecule has 45 heavy (non-hydrogen) atoms. The fourth-order valence-electron chi connectivity index (χ4n) is 4.87. The Morgan fingerprint density at radius 3 is 2.49 bits per heavy atom. The molecule has 1 aliphatic heterocycles. The molecule has 1 atom stereocenters. The van der Waals surface area contributed by atoms with Gasteiger partial charge in [0.2, 0.25) is 11.9 Å². The number of nitrogens with two attached hydrogens (primary N) is 1. The molecule has 4 aromatic rings. The van der Waals surface area contributed by atoms with Crippen LogP contribution in [0.2, 0.25) is 0 Å². The first kappa shape index (κ1) is 33.3. The average molecular weight is 614 g/mol. The van der Waals surface area contributed by atoms with Crippen LogP contribution in [0.3, 0.4) is 0 Å². The number of nitrogens with one attached hydrogen (secondary N) is 1. The number of Topliss-reactive ketones (excluding diaryl/α,β-unsaturated/α-hetero) is 1. The molecule has 0 unspecified atom stereocenters. The van der Waals surface area contributed by atoms with Gasteiger partial charge in [0, 0.05) is 44.5 Å². The highest BCUT2D eigenvalue weighted by molar-refractivity contribution is 5.81. The van der Waals surface area contributed by atoms with Crippen molar-refractivity contribution < 1.29 is 19.4 Å². The largest absolute Gasteiger partial charge is 0.508 e. The standard InChI is InChI=1S/C24H30N6O2.C10H13NO2/c1-16(2)32-21-14-30(15-21)23(31)8-7-18-5-6-19(11-17(18)3)22-9-10-25-24(28-22)27-20-12-26-29(4)13-20;1-7(12)10(11)6-8-2-4-9(13)5-3-8/h5-6,9-13,16,21H,7-8,14-15H2,1-4H3,(H,25,27,28);2-5,10,13H,6,11H2,1H3/t;10-/m.0/s1. The summed E-state index contributed by atoms with van der Waals surface area (Å²) in [6.45, 7) is 9.02. The molecule has 1 amide bonds. The van der Waals surface area contributed by atoms with E-state index in [1.807, 2.05) is 38.1 Å². The Hall–Kier alpha value is -4.61. The second-order valence-electron chi connectivity index (χ2n) is 11.6. The molecule has 0 spiro atoms. The lowest BCUT2D eigenvalue weighted by Crippen LogP contribution is -2.55. The molecule has 0 saturated carbocycles. The lowest BCUT2D eigenvalue weighted by molar-refractivity contribution is -0.148. The van der Waals surface area contributed by atoms with Crippen LogP contribution in [0.25, 0.3) is 11.3 Å². The number of nitrogens with zero attached hydrogens (tertiary/aromatic N) is 5. The molecule has 238 valence electrons. The van der Waals surface area contributed by atoms with Crippen molar-refractivity contribution in [2.24, 2.45) is 12.8 Å². The number of ether oxygens (including phenoxy) is 1. The van der Waals surface area contributed by atoms with Crippen molar-refractivity contribution in [2.45, 2.75) is 65.2 Å². The molecule has 5 rings (SSSR count). The Morgan fingerprint density at radius 2 is 1.87 bits per heavy atom. The Kier molecular flexibility index (Phi) is 11.4. The molecule has 3 heterocycles. The van der Waals surface area contributed by atoms with E-state index in [1.165, 1.54) is 12.5 Å². The van der Waals surface area contributed by atoms with E-state index < -0.39 is 6.04 Å². The molecule has 4 N–H and O–H groups in total. The Bertz CT molecular complexity index is 1580. The van der Waals surface area contributed by atoms with Crippen LogP contribution in [0.4, 0.5) is 11.6 Å². The second kappa shape index (κ2) is 15.4. The maximum absolute atomic E-state index is 12.5. The molecule has 1 aliphatic rings. The highest BCUT2D eigenvalue weighted by Gasteiger charge is 2.31. The van der Waals surface area contributed by atoms with Crippen LogP contribution in [-0.4, -0.2) is 72.8 Å². The van der Waals surface area contributed by atoms with Gasteiger partial charge in [0.15, 0.2) is 0 Å². The summed E-state index contributed by atoms with van der Waals surface area (Å²) in [7, 11) is 1.86. The third kappa shape index (κ3) is 9.95. The van der Waals surface area contributed by atoms with E-state index in [9.17, 15) is 9.59 Å². The molecule has 2 aromatic carbocycles. The van der Waals surface area contributed by atoms with Crippen molar-refractivity contribution in [1.82, 2.24) is 24.6 Å². The smallest absolute Gasteiger partial charge is 0.227 e. The van der Waals surface area contributed by atoms with E-state index in [0.717, 1.165) is 34.5 Å². The van der Waals surface area contributed by atoms with Gasteiger partial charge in [-0.15, -0.1) is 0 Å². The van der Waals surface area contributed by atoms with Gasteiger partial charge in [0.25, 0.3) is 0 Å². The van der Waals surface area contributed by atoms with Crippen molar-refractivity contribution in [3.05, 3.63) is 83.8 Å². The number of hydrogen-bond donors (Lipinski definition) is 3. The maximum Gasteiger partial charge on any atom is 0.227 e. The third-order valence-corrected chi connectivity index (χ3v) is 7.44. The third-order valence-electron chi connectivity index (χ3n) is 7.44. The van der Waals surface area contributed by atoms with Crippen LogP contribution in [0.5, 0.6) is 5.75 Å². The number of carbonyl (C=O) groups is 2. The number of phenols is 1. The van der Waals surface area contributed by atoms with Gasteiger partial charge >= 0.3 is 0 Å². The predicted octanol–water partition coefficient (Wildman–Crippen LogP) is 4.35. The van der Waals surface area contributed by atoms with E-state index >= 15 is 0 Å². The van der Waals surface area contributed by atoms with Crippen molar-refractivity contribution in [3.63, 3.8) is 0 Å². The number of carbonyl (C=O) groups excluding carboxylic acids is 2. The first-order valence-electron chi connectivity index (χ1n) is 15.1. The number of aromatic nitrogens is 4. The fraction of sp³-hybridized carbons (Fsp3) is 0.382. The zero-order chi connectivity index (χ0) is 32.5. The van der Waals surface area contributed by atoms with E-state index in [-0.39, 0.29) is 29.6 Å². The topological polar surface area (TPSA) is 148 Å². The minimum Gasteiger partial charge on any atom is -0.508 e. The van der Waals surface area contributed by atoms with E-state index in [4.69, 9.17) is 15.6 Å². The summed E-state index contributed by atoms with van der Waals surface area (Å²) in [5.41, 5.74) is 11.6. The van der Waals surface area contributed by atoms with Gasteiger partial charge in [0.05, 0.1) is 35.8 Å². The molecule has 2 aromatic heterocycles. The van der Waals surface area contributed by atoms with Crippen molar-refractivity contribution in [2.75, 3.05) is 18.4 Å². The summed E-state index contributed by atoms with van der Waals surface area (Å²) in [4.78, 5) is 34.1. The monoisotopic (exact) mass is 613 g/mol. The minimum atomic E-state index is -0.440. The molecule has 11 nitrogen and oxygen atoms in total. The van der Waals surface area contributed by atoms with Gasteiger partial charge in [-0.05, 0) is 81.5 Å².